The van der Waals surface area contributed by atoms with E-state index in [1.807, 2.05) is 16.7 Å². The second kappa shape index (κ2) is 6.76. The predicted octanol–water partition coefficient (Wildman–Crippen LogP) is 1.16. The van der Waals surface area contributed by atoms with Gasteiger partial charge < -0.3 is 19.6 Å². The number of aromatic nitrogens is 1. The minimum absolute atomic E-state index is 0.0790. The number of hydrogen-bond acceptors (Lipinski definition) is 5. The summed E-state index contributed by atoms with van der Waals surface area (Å²) >= 11 is 0. The SMILES string of the molecule is COCCN1C(=O)[C@H]2CC[C@@H]1CN(c1nc(C)ccc1C(=O)O)C2. The van der Waals surface area contributed by atoms with Crippen LogP contribution in [0.15, 0.2) is 12.1 Å². The molecule has 2 bridgehead atoms. The van der Waals surface area contributed by atoms with Crippen LogP contribution in [0.4, 0.5) is 5.82 Å². The number of ether oxygens (including phenoxy) is 1. The van der Waals surface area contributed by atoms with Crippen LogP contribution in [0, 0.1) is 12.8 Å². The topological polar surface area (TPSA) is 83.0 Å². The number of piperidine rings is 1. The van der Waals surface area contributed by atoms with Crippen LogP contribution < -0.4 is 4.90 Å². The number of methoxy groups -OCH3 is 1. The predicted molar refractivity (Wildman–Crippen MR) is 88.2 cm³/mol. The molecule has 0 aromatic carbocycles. The fourth-order valence-corrected chi connectivity index (χ4v) is 3.65. The van der Waals surface area contributed by atoms with Gasteiger partial charge in [-0.3, -0.25) is 4.79 Å². The standard InChI is InChI=1S/C17H23N3O4/c1-11-3-6-14(17(22)23)15(18-11)19-9-12-4-5-13(10-19)20(16(12)21)7-8-24-2/h3,6,12-13H,4-5,7-10H2,1-2H3,(H,22,23)/t12-,13+/m0/s1. The van der Waals surface area contributed by atoms with Crippen molar-refractivity contribution in [3.05, 3.63) is 23.4 Å². The third-order valence-electron chi connectivity index (χ3n) is 4.87. The van der Waals surface area contributed by atoms with Gasteiger partial charge in [0.25, 0.3) is 0 Å². The van der Waals surface area contributed by atoms with Crippen LogP contribution in [0.3, 0.4) is 0 Å². The molecule has 0 saturated carbocycles. The zero-order valence-corrected chi connectivity index (χ0v) is 14.1. The summed E-state index contributed by atoms with van der Waals surface area (Å²) in [6.45, 7) is 4.07. The van der Waals surface area contributed by atoms with Gasteiger partial charge in [-0.15, -0.1) is 0 Å². The van der Waals surface area contributed by atoms with E-state index in [0.29, 0.717) is 32.1 Å². The molecule has 7 nitrogen and oxygen atoms in total. The number of fused-ring (bicyclic) bond motifs is 4. The number of carbonyl (C=O) groups excluding carboxylic acids is 1. The lowest BCUT2D eigenvalue weighted by molar-refractivity contribution is -0.140. The molecule has 130 valence electrons. The third kappa shape index (κ3) is 3.08. The van der Waals surface area contributed by atoms with Crippen molar-refractivity contribution in [3.63, 3.8) is 0 Å². The van der Waals surface area contributed by atoms with Crippen molar-refractivity contribution in [1.82, 2.24) is 9.88 Å². The Morgan fingerprint density at radius 1 is 1.38 bits per heavy atom. The van der Waals surface area contributed by atoms with Gasteiger partial charge in [-0.2, -0.15) is 0 Å². The van der Waals surface area contributed by atoms with E-state index < -0.39 is 5.97 Å². The van der Waals surface area contributed by atoms with Gasteiger partial charge in [0, 0.05) is 38.5 Å². The molecule has 3 aliphatic heterocycles. The molecule has 2 atom stereocenters. The van der Waals surface area contributed by atoms with Gasteiger partial charge >= 0.3 is 5.97 Å². The fourth-order valence-electron chi connectivity index (χ4n) is 3.65. The molecule has 3 aliphatic rings. The van der Waals surface area contributed by atoms with E-state index in [9.17, 15) is 14.7 Å². The Kier molecular flexibility index (Phi) is 4.71. The zero-order valence-electron chi connectivity index (χ0n) is 14.1. The molecule has 1 aromatic heterocycles. The highest BCUT2D eigenvalue weighted by Gasteiger charge is 2.41. The number of aromatic carboxylic acids is 1. The summed E-state index contributed by atoms with van der Waals surface area (Å²) in [6, 6.07) is 3.38. The smallest absolute Gasteiger partial charge is 0.339 e. The quantitative estimate of drug-likeness (QED) is 0.871. The normalized spacial score (nSPS) is 23.5. The average Bonchev–Trinajstić information content (AvgIpc) is 2.84. The van der Waals surface area contributed by atoms with Crippen LogP contribution >= 0.6 is 0 Å². The van der Waals surface area contributed by atoms with Crippen molar-refractivity contribution < 1.29 is 19.4 Å². The molecule has 7 heteroatoms. The molecular formula is C17H23N3O4. The summed E-state index contributed by atoms with van der Waals surface area (Å²) in [5.74, 6) is -0.475. The van der Waals surface area contributed by atoms with Crippen LogP contribution in [0.25, 0.3) is 0 Å². The number of anilines is 1. The molecule has 1 amide bonds. The van der Waals surface area contributed by atoms with E-state index in [1.165, 1.54) is 0 Å². The summed E-state index contributed by atoms with van der Waals surface area (Å²) < 4.78 is 5.12. The monoisotopic (exact) mass is 333 g/mol. The van der Waals surface area contributed by atoms with E-state index in [0.717, 1.165) is 18.5 Å². The third-order valence-corrected chi connectivity index (χ3v) is 4.87. The number of aryl methyl sites for hydroxylation is 1. The zero-order chi connectivity index (χ0) is 17.3. The maximum absolute atomic E-state index is 12.7. The van der Waals surface area contributed by atoms with Crippen LogP contribution in [-0.2, 0) is 9.53 Å². The van der Waals surface area contributed by atoms with E-state index >= 15 is 0 Å². The van der Waals surface area contributed by atoms with E-state index in [1.54, 1.807) is 19.2 Å². The average molecular weight is 333 g/mol. The summed E-state index contributed by atoms with van der Waals surface area (Å²) in [6.07, 6.45) is 1.78. The Hall–Kier alpha value is -2.15. The number of pyridine rings is 1. The number of rotatable bonds is 5. The van der Waals surface area contributed by atoms with Gasteiger partial charge in [0.2, 0.25) is 5.91 Å². The number of nitrogens with zero attached hydrogens (tertiary/aromatic N) is 3. The molecule has 0 aliphatic carbocycles. The molecule has 0 unspecified atom stereocenters. The molecular weight excluding hydrogens is 310 g/mol. The lowest BCUT2D eigenvalue weighted by atomic mass is 9.94. The molecule has 3 saturated heterocycles. The summed E-state index contributed by atoms with van der Waals surface area (Å²) in [5.41, 5.74) is 0.965. The summed E-state index contributed by atoms with van der Waals surface area (Å²) in [7, 11) is 1.63. The highest BCUT2D eigenvalue weighted by molar-refractivity contribution is 5.93. The number of hydrogen-bond donors (Lipinski definition) is 1. The molecule has 4 heterocycles. The molecule has 4 rings (SSSR count). The Morgan fingerprint density at radius 3 is 2.88 bits per heavy atom. The van der Waals surface area contributed by atoms with Crippen molar-refractivity contribution in [1.29, 1.82) is 0 Å². The highest BCUT2D eigenvalue weighted by Crippen LogP contribution is 2.32. The van der Waals surface area contributed by atoms with Gasteiger partial charge in [-0.25, -0.2) is 9.78 Å². The first kappa shape index (κ1) is 16.7. The Bertz CT molecular complexity index is 649. The maximum atomic E-state index is 12.7. The molecule has 24 heavy (non-hydrogen) atoms. The summed E-state index contributed by atoms with van der Waals surface area (Å²) in [5, 5.41) is 9.46. The Balaban J connectivity index is 1.91. The van der Waals surface area contributed by atoms with Crippen molar-refractivity contribution in [2.75, 3.05) is 38.3 Å². The van der Waals surface area contributed by atoms with E-state index in [-0.39, 0.29) is 23.4 Å². The highest BCUT2D eigenvalue weighted by atomic mass is 16.5. The maximum Gasteiger partial charge on any atom is 0.339 e. The van der Waals surface area contributed by atoms with E-state index in [2.05, 4.69) is 4.98 Å². The van der Waals surface area contributed by atoms with Crippen molar-refractivity contribution in [2.45, 2.75) is 25.8 Å². The first-order chi connectivity index (χ1) is 11.5. The van der Waals surface area contributed by atoms with Gasteiger partial charge in [0.15, 0.2) is 0 Å². The van der Waals surface area contributed by atoms with Crippen molar-refractivity contribution >= 4 is 17.7 Å². The first-order valence-corrected chi connectivity index (χ1v) is 8.26. The van der Waals surface area contributed by atoms with Crippen LogP contribution in [0.2, 0.25) is 0 Å². The first-order valence-electron chi connectivity index (χ1n) is 8.26. The number of carboxylic acids is 1. The second-order valence-electron chi connectivity index (χ2n) is 6.49. The number of carbonyl (C=O) groups is 2. The Morgan fingerprint density at radius 2 is 2.17 bits per heavy atom. The lowest BCUT2D eigenvalue weighted by Gasteiger charge is -2.35. The second-order valence-corrected chi connectivity index (χ2v) is 6.49. The summed E-state index contributed by atoms with van der Waals surface area (Å²) in [4.78, 5) is 32.6. The van der Waals surface area contributed by atoms with Gasteiger partial charge in [0.05, 0.1) is 12.5 Å². The lowest BCUT2D eigenvalue weighted by Crippen LogP contribution is -2.49. The number of carboxylic acid groups (broad SMARTS) is 1. The fraction of sp³-hybridized carbons (Fsp3) is 0.588. The van der Waals surface area contributed by atoms with Gasteiger partial charge in [-0.1, -0.05) is 0 Å². The molecule has 0 spiro atoms. The minimum atomic E-state index is -0.989. The molecule has 1 aromatic rings. The van der Waals surface area contributed by atoms with Crippen molar-refractivity contribution in [2.24, 2.45) is 5.92 Å². The van der Waals surface area contributed by atoms with Crippen LogP contribution in [0.5, 0.6) is 0 Å². The Labute approximate surface area is 141 Å². The van der Waals surface area contributed by atoms with E-state index in [4.69, 9.17) is 4.74 Å². The minimum Gasteiger partial charge on any atom is -0.478 e. The van der Waals surface area contributed by atoms with Crippen molar-refractivity contribution in [3.8, 4) is 0 Å². The number of amides is 1. The van der Waals surface area contributed by atoms with Gasteiger partial charge in [0.1, 0.15) is 11.4 Å². The molecule has 0 radical (unpaired) electrons. The van der Waals surface area contributed by atoms with Gasteiger partial charge in [-0.05, 0) is 31.9 Å². The van der Waals surface area contributed by atoms with Crippen LogP contribution in [-0.4, -0.2) is 66.3 Å². The van der Waals surface area contributed by atoms with Crippen LogP contribution in [0.1, 0.15) is 28.9 Å². The largest absolute Gasteiger partial charge is 0.478 e. The molecule has 1 N–H and O–H groups in total. The molecule has 3 fully saturated rings.